The number of carbonyl (C=O) groups is 1. The maximum Gasteiger partial charge on any atom is 0.270 e. The average molecular weight is 302 g/mol. The fourth-order valence-corrected chi connectivity index (χ4v) is 1.84. The minimum Gasteiger partial charge on any atom is -0.345 e. The van der Waals surface area contributed by atoms with Crippen LogP contribution in [0.2, 0.25) is 0 Å². The number of nitrogens with two attached hydrogens (primary N) is 1. The Kier molecular flexibility index (Phi) is 7.17. The number of amides is 1. The van der Waals surface area contributed by atoms with Crippen molar-refractivity contribution in [2.24, 2.45) is 5.73 Å². The van der Waals surface area contributed by atoms with Crippen molar-refractivity contribution in [1.29, 1.82) is 0 Å². The number of non-ortho nitro benzene ring substituents is 1. The van der Waals surface area contributed by atoms with E-state index in [4.69, 9.17) is 5.73 Å². The third kappa shape index (κ3) is 4.18. The molecule has 0 fully saturated rings. The molecule has 0 spiro atoms. The van der Waals surface area contributed by atoms with E-state index >= 15 is 0 Å². The lowest BCUT2D eigenvalue weighted by atomic mass is 9.92. The zero-order valence-electron chi connectivity index (χ0n) is 11.6. The molecule has 20 heavy (non-hydrogen) atoms. The fraction of sp³-hybridized carbons (Fsp3) is 0.462. The van der Waals surface area contributed by atoms with Gasteiger partial charge in [-0.15, -0.1) is 12.4 Å². The van der Waals surface area contributed by atoms with Gasteiger partial charge in [-0.05, 0) is 18.9 Å². The van der Waals surface area contributed by atoms with Crippen LogP contribution in [-0.4, -0.2) is 22.9 Å². The zero-order valence-corrected chi connectivity index (χ0v) is 12.4. The van der Waals surface area contributed by atoms with Gasteiger partial charge in [-0.1, -0.05) is 19.9 Å². The molecule has 0 aliphatic rings. The third-order valence-electron chi connectivity index (χ3n) is 3.44. The molecule has 3 N–H and O–H groups in total. The van der Waals surface area contributed by atoms with E-state index in [0.717, 1.165) is 0 Å². The molecule has 0 unspecified atom stereocenters. The summed E-state index contributed by atoms with van der Waals surface area (Å²) in [5, 5.41) is 13.6. The Morgan fingerprint density at radius 3 is 2.45 bits per heavy atom. The van der Waals surface area contributed by atoms with Gasteiger partial charge in [0, 0.05) is 24.2 Å². The topological polar surface area (TPSA) is 98.3 Å². The van der Waals surface area contributed by atoms with Gasteiger partial charge in [0.05, 0.1) is 10.5 Å². The van der Waals surface area contributed by atoms with Gasteiger partial charge in [-0.25, -0.2) is 0 Å². The van der Waals surface area contributed by atoms with Crippen molar-refractivity contribution in [1.82, 2.24) is 5.32 Å². The van der Waals surface area contributed by atoms with Gasteiger partial charge >= 0.3 is 0 Å². The quantitative estimate of drug-likeness (QED) is 0.622. The molecule has 0 atom stereocenters. The SMILES string of the molecule is CCC(CC)(CN)NC(=O)c1cccc([N+](=O)[O-])c1.Cl. The molecule has 0 aromatic heterocycles. The van der Waals surface area contributed by atoms with Crippen molar-refractivity contribution in [3.05, 3.63) is 39.9 Å². The lowest BCUT2D eigenvalue weighted by molar-refractivity contribution is -0.384. The number of halogens is 1. The summed E-state index contributed by atoms with van der Waals surface area (Å²) in [4.78, 5) is 22.3. The van der Waals surface area contributed by atoms with E-state index in [1.807, 2.05) is 13.8 Å². The molecule has 0 radical (unpaired) electrons. The Balaban J connectivity index is 0.00000361. The number of carbonyl (C=O) groups excluding carboxylic acids is 1. The normalized spacial score (nSPS) is 10.6. The van der Waals surface area contributed by atoms with Crippen LogP contribution >= 0.6 is 12.4 Å². The first-order valence-corrected chi connectivity index (χ1v) is 6.25. The molecule has 1 amide bonds. The summed E-state index contributed by atoms with van der Waals surface area (Å²) in [7, 11) is 0. The molecular weight excluding hydrogens is 282 g/mol. The van der Waals surface area contributed by atoms with Crippen LogP contribution in [0.3, 0.4) is 0 Å². The van der Waals surface area contributed by atoms with E-state index in [2.05, 4.69) is 5.32 Å². The summed E-state index contributed by atoms with van der Waals surface area (Å²) >= 11 is 0. The van der Waals surface area contributed by atoms with Crippen LogP contribution in [0.15, 0.2) is 24.3 Å². The Morgan fingerprint density at radius 2 is 2.00 bits per heavy atom. The fourth-order valence-electron chi connectivity index (χ4n) is 1.84. The van der Waals surface area contributed by atoms with E-state index < -0.39 is 10.5 Å². The zero-order chi connectivity index (χ0) is 14.5. The van der Waals surface area contributed by atoms with E-state index in [9.17, 15) is 14.9 Å². The number of hydrogen-bond acceptors (Lipinski definition) is 4. The van der Waals surface area contributed by atoms with Gasteiger partial charge in [0.15, 0.2) is 0 Å². The largest absolute Gasteiger partial charge is 0.345 e. The van der Waals surface area contributed by atoms with Crippen molar-refractivity contribution in [3.8, 4) is 0 Å². The van der Waals surface area contributed by atoms with Gasteiger partial charge in [0.1, 0.15) is 0 Å². The number of benzene rings is 1. The van der Waals surface area contributed by atoms with Crippen molar-refractivity contribution in [3.63, 3.8) is 0 Å². The predicted molar refractivity (Wildman–Crippen MR) is 80.2 cm³/mol. The molecule has 0 aliphatic heterocycles. The van der Waals surface area contributed by atoms with E-state index in [0.29, 0.717) is 19.4 Å². The summed E-state index contributed by atoms with van der Waals surface area (Å²) in [5.74, 6) is -0.335. The molecule has 1 aromatic carbocycles. The van der Waals surface area contributed by atoms with E-state index in [1.165, 1.54) is 18.2 Å². The highest BCUT2D eigenvalue weighted by atomic mass is 35.5. The van der Waals surface area contributed by atoms with Gasteiger partial charge in [0.25, 0.3) is 11.6 Å². The smallest absolute Gasteiger partial charge is 0.270 e. The number of nitrogens with zero attached hydrogens (tertiary/aromatic N) is 1. The highest BCUT2D eigenvalue weighted by Gasteiger charge is 2.27. The van der Waals surface area contributed by atoms with Crippen molar-refractivity contribution in [2.45, 2.75) is 32.2 Å². The van der Waals surface area contributed by atoms with Crippen LogP contribution in [0, 0.1) is 10.1 Å². The third-order valence-corrected chi connectivity index (χ3v) is 3.44. The Labute approximate surface area is 124 Å². The Hall–Kier alpha value is -1.66. The lowest BCUT2D eigenvalue weighted by Gasteiger charge is -2.31. The molecule has 0 aliphatic carbocycles. The molecule has 112 valence electrons. The van der Waals surface area contributed by atoms with Crippen LogP contribution in [0.1, 0.15) is 37.0 Å². The second-order valence-electron chi connectivity index (χ2n) is 4.45. The molecule has 0 bridgehead atoms. The second-order valence-corrected chi connectivity index (χ2v) is 4.45. The highest BCUT2D eigenvalue weighted by molar-refractivity contribution is 5.95. The minimum atomic E-state index is -0.521. The Morgan fingerprint density at radius 1 is 1.40 bits per heavy atom. The standard InChI is InChI=1S/C13H19N3O3.ClH/c1-3-13(4-2,9-14)15-12(17)10-6-5-7-11(8-10)16(18)19;/h5-8H,3-4,9,14H2,1-2H3,(H,15,17);1H. The van der Waals surface area contributed by atoms with Crippen LogP contribution in [-0.2, 0) is 0 Å². The van der Waals surface area contributed by atoms with E-state index in [1.54, 1.807) is 6.07 Å². The van der Waals surface area contributed by atoms with Crippen LogP contribution < -0.4 is 11.1 Å². The highest BCUT2D eigenvalue weighted by Crippen LogP contribution is 2.17. The predicted octanol–water partition coefficient (Wildman–Crippen LogP) is 2.26. The minimum absolute atomic E-state index is 0. The molecule has 1 rings (SSSR count). The number of nitrogens with one attached hydrogen (secondary N) is 1. The maximum absolute atomic E-state index is 12.1. The average Bonchev–Trinajstić information content (AvgIpc) is 2.45. The molecular formula is C13H20ClN3O3. The number of nitro groups is 1. The van der Waals surface area contributed by atoms with Gasteiger partial charge in [0.2, 0.25) is 0 Å². The van der Waals surface area contributed by atoms with Crippen LogP contribution in [0.5, 0.6) is 0 Å². The summed E-state index contributed by atoms with van der Waals surface area (Å²) in [6, 6.07) is 5.67. The first-order chi connectivity index (χ1) is 8.98. The van der Waals surface area contributed by atoms with Crippen molar-refractivity contribution >= 4 is 24.0 Å². The molecule has 1 aromatic rings. The van der Waals surface area contributed by atoms with Crippen LogP contribution in [0.4, 0.5) is 5.69 Å². The van der Waals surface area contributed by atoms with Crippen molar-refractivity contribution < 1.29 is 9.72 Å². The van der Waals surface area contributed by atoms with E-state index in [-0.39, 0.29) is 29.6 Å². The first kappa shape index (κ1) is 18.3. The van der Waals surface area contributed by atoms with Gasteiger partial charge in [-0.3, -0.25) is 14.9 Å². The number of hydrogen-bond donors (Lipinski definition) is 2. The molecule has 6 nitrogen and oxygen atoms in total. The van der Waals surface area contributed by atoms with Gasteiger partial charge < -0.3 is 11.1 Å². The second kappa shape index (κ2) is 7.81. The molecule has 0 heterocycles. The summed E-state index contributed by atoms with van der Waals surface area (Å²) in [6.45, 7) is 4.23. The number of nitro benzene ring substituents is 1. The summed E-state index contributed by atoms with van der Waals surface area (Å²) in [5.41, 5.74) is 5.43. The summed E-state index contributed by atoms with van der Waals surface area (Å²) in [6.07, 6.45) is 1.42. The van der Waals surface area contributed by atoms with Crippen LogP contribution in [0.25, 0.3) is 0 Å². The lowest BCUT2D eigenvalue weighted by Crippen LogP contribution is -2.52. The first-order valence-electron chi connectivity index (χ1n) is 6.25. The summed E-state index contributed by atoms with van der Waals surface area (Å²) < 4.78 is 0. The van der Waals surface area contributed by atoms with Gasteiger partial charge in [-0.2, -0.15) is 0 Å². The molecule has 0 saturated carbocycles. The maximum atomic E-state index is 12.1. The Bertz CT molecular complexity index is 467. The monoisotopic (exact) mass is 301 g/mol. The molecule has 0 saturated heterocycles. The molecule has 7 heteroatoms. The van der Waals surface area contributed by atoms with Crippen molar-refractivity contribution in [2.75, 3.05) is 6.54 Å². The number of rotatable bonds is 6.